The highest BCUT2D eigenvalue weighted by Gasteiger charge is 2.16. The van der Waals surface area contributed by atoms with Crippen LogP contribution in [0.15, 0.2) is 206 Å². The molecule has 0 fully saturated rings. The van der Waals surface area contributed by atoms with Crippen LogP contribution in [-0.4, -0.2) is 0 Å². The van der Waals surface area contributed by atoms with Gasteiger partial charge in [-0.3, -0.25) is 0 Å². The number of hydrogen-bond donors (Lipinski definition) is 0. The minimum atomic E-state index is 1.22. The summed E-state index contributed by atoms with van der Waals surface area (Å²) in [5.74, 6) is 0. The average Bonchev–Trinajstić information content (AvgIpc) is 3.27. The summed E-state index contributed by atoms with van der Waals surface area (Å²) in [4.78, 5) is 0. The molecular formula is C56H34. The fourth-order valence-corrected chi connectivity index (χ4v) is 9.47. The highest BCUT2D eigenvalue weighted by molar-refractivity contribution is 6.26. The van der Waals surface area contributed by atoms with Gasteiger partial charge in [0.1, 0.15) is 0 Å². The van der Waals surface area contributed by atoms with Crippen LogP contribution in [0.1, 0.15) is 0 Å². The van der Waals surface area contributed by atoms with Gasteiger partial charge in [-0.1, -0.05) is 176 Å². The van der Waals surface area contributed by atoms with Crippen molar-refractivity contribution in [1.82, 2.24) is 0 Å². The molecule has 0 aliphatic carbocycles. The van der Waals surface area contributed by atoms with Gasteiger partial charge in [0.2, 0.25) is 0 Å². The molecule has 0 aromatic heterocycles. The van der Waals surface area contributed by atoms with Crippen LogP contribution in [0.4, 0.5) is 0 Å². The highest BCUT2D eigenvalue weighted by atomic mass is 14.2. The van der Waals surface area contributed by atoms with E-state index in [0.717, 1.165) is 0 Å². The fourth-order valence-electron chi connectivity index (χ4n) is 9.47. The molecule has 0 N–H and O–H groups in total. The molecule has 0 atom stereocenters. The maximum Gasteiger partial charge on any atom is -0.00206 e. The molecule has 0 saturated carbocycles. The first-order chi connectivity index (χ1) is 27.7. The van der Waals surface area contributed by atoms with E-state index in [0.29, 0.717) is 0 Å². The van der Waals surface area contributed by atoms with Crippen molar-refractivity contribution in [1.29, 1.82) is 0 Å². The second kappa shape index (κ2) is 12.1. The van der Waals surface area contributed by atoms with E-state index in [1.165, 1.54) is 120 Å². The Hall–Kier alpha value is -7.28. The Labute approximate surface area is 324 Å². The molecule has 0 bridgehead atoms. The Morgan fingerprint density at radius 2 is 0.661 bits per heavy atom. The summed E-state index contributed by atoms with van der Waals surface area (Å²) in [6, 6.07) is 76.7. The Morgan fingerprint density at radius 3 is 1.38 bits per heavy atom. The molecule has 56 heavy (non-hydrogen) atoms. The van der Waals surface area contributed by atoms with Gasteiger partial charge in [0.25, 0.3) is 0 Å². The molecule has 0 aliphatic rings. The van der Waals surface area contributed by atoms with Crippen LogP contribution < -0.4 is 0 Å². The highest BCUT2D eigenvalue weighted by Crippen LogP contribution is 2.44. The molecule has 0 unspecified atom stereocenters. The smallest absolute Gasteiger partial charge is 0.00206 e. The third-order valence-electron chi connectivity index (χ3n) is 12.2. The summed E-state index contributed by atoms with van der Waals surface area (Å²) in [5, 5.41) is 18.1. The lowest BCUT2D eigenvalue weighted by molar-refractivity contribution is 1.64. The van der Waals surface area contributed by atoms with Gasteiger partial charge in [0.05, 0.1) is 0 Å². The molecule has 0 amide bonds. The summed E-state index contributed by atoms with van der Waals surface area (Å²) >= 11 is 0. The van der Waals surface area contributed by atoms with E-state index in [-0.39, 0.29) is 0 Å². The molecule has 0 saturated heterocycles. The van der Waals surface area contributed by atoms with Gasteiger partial charge in [0.15, 0.2) is 0 Å². The van der Waals surface area contributed by atoms with Crippen LogP contribution in [0.5, 0.6) is 0 Å². The molecule has 0 heterocycles. The molecule has 0 heteroatoms. The van der Waals surface area contributed by atoms with Crippen molar-refractivity contribution in [2.24, 2.45) is 0 Å². The zero-order valence-corrected chi connectivity index (χ0v) is 30.6. The minimum absolute atomic E-state index is 1.22. The first-order valence-corrected chi connectivity index (χ1v) is 19.5. The Morgan fingerprint density at radius 1 is 0.179 bits per heavy atom. The SMILES string of the molecule is c1ccc(-c2cc3c4ccc(-c5ccc6cc(-c7ccc8ccc9cccc%10ccc7c8c9%10)ccc6c5)cc4c(-c4ccccc4)cc3c3ccccc23)cc1. The van der Waals surface area contributed by atoms with Gasteiger partial charge in [-0.2, -0.15) is 0 Å². The maximum absolute atomic E-state index is 2.43. The zero-order valence-electron chi connectivity index (χ0n) is 30.6. The molecule has 0 aliphatic heterocycles. The van der Waals surface area contributed by atoms with Crippen LogP contribution >= 0.6 is 0 Å². The molecule has 0 radical (unpaired) electrons. The van der Waals surface area contributed by atoms with E-state index < -0.39 is 0 Å². The van der Waals surface area contributed by atoms with Gasteiger partial charge >= 0.3 is 0 Å². The summed E-state index contributed by atoms with van der Waals surface area (Å²) in [6.07, 6.45) is 0. The number of fused-ring (bicyclic) bond motifs is 6. The number of rotatable bonds is 4. The Bertz CT molecular complexity index is 3490. The van der Waals surface area contributed by atoms with E-state index in [2.05, 4.69) is 206 Å². The molecule has 12 aromatic rings. The van der Waals surface area contributed by atoms with Gasteiger partial charge < -0.3 is 0 Å². The summed E-state index contributed by atoms with van der Waals surface area (Å²) < 4.78 is 0. The van der Waals surface area contributed by atoms with Crippen LogP contribution in [0.2, 0.25) is 0 Å². The van der Waals surface area contributed by atoms with Crippen molar-refractivity contribution in [3.8, 4) is 44.5 Å². The third kappa shape index (κ3) is 4.73. The first-order valence-electron chi connectivity index (χ1n) is 19.5. The van der Waals surface area contributed by atoms with Crippen LogP contribution in [-0.2, 0) is 0 Å². The lowest BCUT2D eigenvalue weighted by Crippen LogP contribution is -1.90. The number of hydrogen-bond acceptors (Lipinski definition) is 0. The van der Waals surface area contributed by atoms with E-state index in [1.54, 1.807) is 0 Å². The normalized spacial score (nSPS) is 11.9. The molecule has 0 nitrogen and oxygen atoms in total. The molecule has 0 spiro atoms. The van der Waals surface area contributed by atoms with E-state index >= 15 is 0 Å². The lowest BCUT2D eigenvalue weighted by Gasteiger charge is -2.17. The van der Waals surface area contributed by atoms with Crippen molar-refractivity contribution < 1.29 is 0 Å². The molecular weight excluding hydrogens is 673 g/mol. The second-order valence-corrected chi connectivity index (χ2v) is 15.2. The monoisotopic (exact) mass is 706 g/mol. The van der Waals surface area contributed by atoms with Gasteiger partial charge in [-0.05, 0) is 150 Å². The predicted octanol–water partition coefficient (Wildman–Crippen LogP) is 15.9. The largest absolute Gasteiger partial charge is 0.0622 e. The van der Waals surface area contributed by atoms with E-state index in [9.17, 15) is 0 Å². The second-order valence-electron chi connectivity index (χ2n) is 15.2. The zero-order chi connectivity index (χ0) is 36.7. The standard InChI is InChI=1S/C56H34/c1-3-10-35(11-4-1)50-33-54-48-28-26-43(32-52(48)51(36-12-5-2-6-13-36)34-53(54)47-17-8-7-16-46(47)50)41-20-21-42-31-44(23-22-40(42)30-41)45-27-24-39-19-18-37-14-9-15-38-25-29-49(45)56(39)55(37)38/h1-34H. The summed E-state index contributed by atoms with van der Waals surface area (Å²) in [7, 11) is 0. The predicted molar refractivity (Wildman–Crippen MR) is 242 cm³/mol. The Balaban J connectivity index is 1.02. The molecule has 12 rings (SSSR count). The minimum Gasteiger partial charge on any atom is -0.0622 e. The quantitative estimate of drug-likeness (QED) is 0.160. The van der Waals surface area contributed by atoms with Crippen LogP contribution in [0.25, 0.3) is 120 Å². The van der Waals surface area contributed by atoms with E-state index in [4.69, 9.17) is 0 Å². The summed E-state index contributed by atoms with van der Waals surface area (Å²) in [6.45, 7) is 0. The number of benzene rings is 12. The van der Waals surface area contributed by atoms with Crippen LogP contribution in [0, 0.1) is 0 Å². The average molecular weight is 707 g/mol. The van der Waals surface area contributed by atoms with Crippen LogP contribution in [0.3, 0.4) is 0 Å². The van der Waals surface area contributed by atoms with Gasteiger partial charge in [0, 0.05) is 0 Å². The lowest BCUT2D eigenvalue weighted by atomic mass is 9.86. The van der Waals surface area contributed by atoms with Gasteiger partial charge in [-0.25, -0.2) is 0 Å². The first kappa shape index (κ1) is 31.1. The van der Waals surface area contributed by atoms with Crippen molar-refractivity contribution in [2.75, 3.05) is 0 Å². The molecule has 258 valence electrons. The van der Waals surface area contributed by atoms with Crippen molar-refractivity contribution >= 4 is 75.4 Å². The van der Waals surface area contributed by atoms with Crippen molar-refractivity contribution in [2.45, 2.75) is 0 Å². The topological polar surface area (TPSA) is 0 Å². The van der Waals surface area contributed by atoms with Crippen molar-refractivity contribution in [3.05, 3.63) is 206 Å². The Kier molecular flexibility index (Phi) is 6.73. The van der Waals surface area contributed by atoms with Crippen molar-refractivity contribution in [3.63, 3.8) is 0 Å². The maximum atomic E-state index is 2.43. The fraction of sp³-hybridized carbons (Fsp3) is 0. The van der Waals surface area contributed by atoms with Gasteiger partial charge in [-0.15, -0.1) is 0 Å². The van der Waals surface area contributed by atoms with E-state index in [1.807, 2.05) is 0 Å². The third-order valence-corrected chi connectivity index (χ3v) is 12.2. The summed E-state index contributed by atoms with van der Waals surface area (Å²) in [5.41, 5.74) is 9.95. The molecule has 12 aromatic carbocycles.